The van der Waals surface area contributed by atoms with Crippen LogP contribution in [0.3, 0.4) is 0 Å². The lowest BCUT2D eigenvalue weighted by atomic mass is 9.98. The lowest BCUT2D eigenvalue weighted by Crippen LogP contribution is -2.24. The number of phenolic OH excluding ortho intramolecular Hbond substituents is 1. The maximum Gasteiger partial charge on any atom is 0.120 e. The second-order valence-electron chi connectivity index (χ2n) is 5.41. The maximum atomic E-state index is 10.1. The van der Waals surface area contributed by atoms with Gasteiger partial charge in [-0.25, -0.2) is 0 Å². The van der Waals surface area contributed by atoms with E-state index in [9.17, 15) is 5.11 Å². The Hall–Kier alpha value is -1.32. The number of phenols is 1. The fourth-order valence-electron chi connectivity index (χ4n) is 2.70. The zero-order chi connectivity index (χ0) is 15.4. The molecule has 0 saturated carbocycles. The molecule has 2 nitrogen and oxygen atoms in total. The van der Waals surface area contributed by atoms with Gasteiger partial charge in [0, 0.05) is 22.1 Å². The molecule has 0 aliphatic rings. The van der Waals surface area contributed by atoms with E-state index in [1.807, 2.05) is 12.1 Å². The molecule has 21 heavy (non-hydrogen) atoms. The number of hydrogen-bond acceptors (Lipinski definition) is 2. The lowest BCUT2D eigenvalue weighted by Gasteiger charge is -2.25. The van der Waals surface area contributed by atoms with Crippen molar-refractivity contribution < 1.29 is 5.11 Å². The van der Waals surface area contributed by atoms with E-state index >= 15 is 0 Å². The molecule has 2 rings (SSSR count). The van der Waals surface area contributed by atoms with Crippen LogP contribution in [0.15, 0.2) is 46.9 Å². The number of aryl methyl sites for hydroxylation is 1. The van der Waals surface area contributed by atoms with Gasteiger partial charge in [0.2, 0.25) is 0 Å². The summed E-state index contributed by atoms with van der Waals surface area (Å²) in [5.41, 5.74) is 3.52. The van der Waals surface area contributed by atoms with E-state index in [1.165, 1.54) is 11.1 Å². The molecular weight excluding hydrogens is 326 g/mol. The van der Waals surface area contributed by atoms with Crippen LogP contribution in [0.2, 0.25) is 0 Å². The Kier molecular flexibility index (Phi) is 5.43. The molecule has 2 atom stereocenters. The van der Waals surface area contributed by atoms with Gasteiger partial charge in [0.1, 0.15) is 5.75 Å². The summed E-state index contributed by atoms with van der Waals surface area (Å²) < 4.78 is 0.985. The summed E-state index contributed by atoms with van der Waals surface area (Å²) >= 11 is 3.48. The van der Waals surface area contributed by atoms with Gasteiger partial charge in [0.05, 0.1) is 0 Å². The molecule has 2 N–H and O–H groups in total. The van der Waals surface area contributed by atoms with E-state index in [0.717, 1.165) is 16.5 Å². The van der Waals surface area contributed by atoms with Crippen LogP contribution in [-0.2, 0) is 0 Å². The summed E-state index contributed by atoms with van der Waals surface area (Å²) in [6.07, 6.45) is 0.917. The first kappa shape index (κ1) is 16.1. The molecule has 1 unspecified atom stereocenters. The Morgan fingerprint density at radius 1 is 1.14 bits per heavy atom. The number of nitrogens with one attached hydrogen (secondary N) is 1. The molecular formula is C18H22BrNO. The topological polar surface area (TPSA) is 32.3 Å². The van der Waals surface area contributed by atoms with E-state index in [-0.39, 0.29) is 12.1 Å². The third-order valence-corrected chi connectivity index (χ3v) is 4.37. The minimum atomic E-state index is 0.122. The van der Waals surface area contributed by atoms with Gasteiger partial charge in [-0.2, -0.15) is 0 Å². The smallest absolute Gasteiger partial charge is 0.120 e. The van der Waals surface area contributed by atoms with E-state index in [4.69, 9.17) is 0 Å². The highest BCUT2D eigenvalue weighted by Gasteiger charge is 2.17. The predicted molar refractivity (Wildman–Crippen MR) is 91.6 cm³/mol. The van der Waals surface area contributed by atoms with Crippen LogP contribution in [0.25, 0.3) is 0 Å². The van der Waals surface area contributed by atoms with Crippen molar-refractivity contribution in [3.05, 3.63) is 63.6 Å². The van der Waals surface area contributed by atoms with Crippen LogP contribution in [0.1, 0.15) is 49.0 Å². The molecule has 2 aromatic carbocycles. The molecule has 0 spiro atoms. The highest BCUT2D eigenvalue weighted by molar-refractivity contribution is 9.10. The third-order valence-electron chi connectivity index (χ3n) is 3.88. The Bertz CT molecular complexity index is 612. The van der Waals surface area contributed by atoms with Gasteiger partial charge in [-0.1, -0.05) is 47.1 Å². The Morgan fingerprint density at radius 3 is 2.52 bits per heavy atom. The van der Waals surface area contributed by atoms with Crippen LogP contribution >= 0.6 is 15.9 Å². The standard InChI is InChI=1S/C18H22BrNO/c1-4-17(16-11-14(19)9-10-18(16)21)20-13(3)15-8-6-5-7-12(15)2/h5-11,13,17,20-21H,4H2,1-3H3/t13-,17?/m1/s1. The van der Waals surface area contributed by atoms with Crippen molar-refractivity contribution in [2.45, 2.75) is 39.3 Å². The molecule has 0 saturated heterocycles. The largest absolute Gasteiger partial charge is 0.508 e. The molecule has 0 fully saturated rings. The minimum absolute atomic E-state index is 0.122. The Balaban J connectivity index is 2.23. The predicted octanol–water partition coefficient (Wildman–Crippen LogP) is 5.27. The minimum Gasteiger partial charge on any atom is -0.508 e. The van der Waals surface area contributed by atoms with Crippen LogP contribution in [-0.4, -0.2) is 5.11 Å². The molecule has 0 heterocycles. The number of aromatic hydroxyl groups is 1. The van der Waals surface area contributed by atoms with Gasteiger partial charge in [0.25, 0.3) is 0 Å². The lowest BCUT2D eigenvalue weighted by molar-refractivity contribution is 0.418. The van der Waals surface area contributed by atoms with E-state index < -0.39 is 0 Å². The van der Waals surface area contributed by atoms with E-state index in [2.05, 4.69) is 66.3 Å². The summed E-state index contributed by atoms with van der Waals surface area (Å²) in [5, 5.41) is 13.7. The van der Waals surface area contributed by atoms with Gasteiger partial charge in [-0.15, -0.1) is 0 Å². The molecule has 3 heteroatoms. The molecule has 112 valence electrons. The van der Waals surface area contributed by atoms with Crippen molar-refractivity contribution >= 4 is 15.9 Å². The second-order valence-corrected chi connectivity index (χ2v) is 6.32. The van der Waals surface area contributed by atoms with E-state index in [1.54, 1.807) is 6.07 Å². The average molecular weight is 348 g/mol. The maximum absolute atomic E-state index is 10.1. The first-order valence-corrected chi connectivity index (χ1v) is 8.12. The van der Waals surface area contributed by atoms with Crippen molar-refractivity contribution in [1.29, 1.82) is 0 Å². The number of benzene rings is 2. The zero-order valence-corrected chi connectivity index (χ0v) is 14.3. The van der Waals surface area contributed by atoms with Crippen molar-refractivity contribution in [1.82, 2.24) is 5.32 Å². The highest BCUT2D eigenvalue weighted by atomic mass is 79.9. The van der Waals surface area contributed by atoms with Crippen molar-refractivity contribution in [3.8, 4) is 5.75 Å². The van der Waals surface area contributed by atoms with Crippen LogP contribution < -0.4 is 5.32 Å². The summed E-state index contributed by atoms with van der Waals surface area (Å²) in [5.74, 6) is 0.342. The van der Waals surface area contributed by atoms with Gasteiger partial charge in [0.15, 0.2) is 0 Å². The third kappa shape index (κ3) is 3.86. The Labute approximate surface area is 135 Å². The molecule has 0 aliphatic heterocycles. The second kappa shape index (κ2) is 7.10. The Morgan fingerprint density at radius 2 is 1.86 bits per heavy atom. The monoisotopic (exact) mass is 347 g/mol. The first-order chi connectivity index (χ1) is 10.0. The van der Waals surface area contributed by atoms with Gasteiger partial charge < -0.3 is 10.4 Å². The molecule has 0 radical (unpaired) electrons. The van der Waals surface area contributed by atoms with Crippen molar-refractivity contribution in [3.63, 3.8) is 0 Å². The van der Waals surface area contributed by atoms with Crippen molar-refractivity contribution in [2.75, 3.05) is 0 Å². The van der Waals surface area contributed by atoms with Gasteiger partial charge in [-0.05, 0) is 49.6 Å². The van der Waals surface area contributed by atoms with Crippen LogP contribution in [0.5, 0.6) is 5.75 Å². The number of rotatable bonds is 5. The summed E-state index contributed by atoms with van der Waals surface area (Å²) in [6, 6.07) is 14.3. The van der Waals surface area contributed by atoms with Gasteiger partial charge >= 0.3 is 0 Å². The zero-order valence-electron chi connectivity index (χ0n) is 12.7. The van der Waals surface area contributed by atoms with Gasteiger partial charge in [-0.3, -0.25) is 0 Å². The normalized spacial score (nSPS) is 13.9. The fraction of sp³-hybridized carbons (Fsp3) is 0.333. The number of halogens is 1. The summed E-state index contributed by atoms with van der Waals surface area (Å²) in [6.45, 7) is 6.42. The quantitative estimate of drug-likeness (QED) is 0.772. The van der Waals surface area contributed by atoms with Crippen LogP contribution in [0.4, 0.5) is 0 Å². The fourth-order valence-corrected chi connectivity index (χ4v) is 3.08. The molecule has 0 amide bonds. The molecule has 0 bridgehead atoms. The highest BCUT2D eigenvalue weighted by Crippen LogP contribution is 2.31. The first-order valence-electron chi connectivity index (χ1n) is 7.33. The van der Waals surface area contributed by atoms with Crippen molar-refractivity contribution in [2.24, 2.45) is 0 Å². The molecule has 0 aromatic heterocycles. The van der Waals surface area contributed by atoms with E-state index in [0.29, 0.717) is 5.75 Å². The summed E-state index contributed by atoms with van der Waals surface area (Å²) in [7, 11) is 0. The van der Waals surface area contributed by atoms with Crippen LogP contribution in [0, 0.1) is 6.92 Å². The average Bonchev–Trinajstić information content (AvgIpc) is 2.47. The SMILES string of the molecule is CCC(N[C@H](C)c1ccccc1C)c1cc(Br)ccc1O. The number of hydrogen-bond donors (Lipinski definition) is 2. The molecule has 2 aromatic rings. The molecule has 0 aliphatic carbocycles. The summed E-state index contributed by atoms with van der Waals surface area (Å²) in [4.78, 5) is 0.